The Morgan fingerprint density at radius 2 is 2.27 bits per heavy atom. The van der Waals surface area contributed by atoms with Crippen LogP contribution >= 0.6 is 11.3 Å². The lowest BCUT2D eigenvalue weighted by Crippen LogP contribution is -2.31. The van der Waals surface area contributed by atoms with Gasteiger partial charge in [0.1, 0.15) is 5.01 Å². The van der Waals surface area contributed by atoms with Gasteiger partial charge in [0.2, 0.25) is 5.13 Å². The number of aromatic nitrogens is 2. The van der Waals surface area contributed by atoms with Gasteiger partial charge in [-0.25, -0.2) is 0 Å². The normalized spacial score (nSPS) is 22.5. The minimum atomic E-state index is 0.541. The minimum absolute atomic E-state index is 0.541. The van der Waals surface area contributed by atoms with Crippen molar-refractivity contribution in [3.05, 3.63) is 5.01 Å². The Morgan fingerprint density at radius 3 is 2.80 bits per heavy atom. The first-order valence-corrected chi connectivity index (χ1v) is 6.27. The van der Waals surface area contributed by atoms with E-state index in [0.29, 0.717) is 12.1 Å². The summed E-state index contributed by atoms with van der Waals surface area (Å²) in [4.78, 5) is 2.49. The quantitative estimate of drug-likeness (QED) is 0.852. The molecule has 4 nitrogen and oxygen atoms in total. The average molecular weight is 226 g/mol. The molecular weight excluding hydrogens is 208 g/mol. The van der Waals surface area contributed by atoms with Crippen LogP contribution in [0.15, 0.2) is 0 Å². The molecule has 1 aromatic heterocycles. The molecule has 0 aliphatic carbocycles. The molecule has 1 aromatic rings. The molecule has 0 spiro atoms. The maximum atomic E-state index is 4.09. The fourth-order valence-electron chi connectivity index (χ4n) is 1.90. The van der Waals surface area contributed by atoms with Crippen LogP contribution in [0.1, 0.15) is 25.3 Å². The molecule has 0 radical (unpaired) electrons. The van der Waals surface area contributed by atoms with Crippen molar-refractivity contribution in [2.75, 3.05) is 18.4 Å². The van der Waals surface area contributed by atoms with Crippen molar-refractivity contribution in [2.24, 2.45) is 0 Å². The molecule has 0 saturated carbocycles. The molecule has 0 aromatic carbocycles. The second-order valence-corrected chi connectivity index (χ2v) is 5.53. The number of aryl methyl sites for hydroxylation is 1. The number of rotatable bonds is 3. The molecule has 0 amide bonds. The molecular formula is C10H18N4S. The van der Waals surface area contributed by atoms with Crippen LogP contribution in [-0.4, -0.2) is 40.3 Å². The Bertz CT molecular complexity index is 323. The third kappa shape index (κ3) is 2.66. The molecule has 0 bridgehead atoms. The van der Waals surface area contributed by atoms with Crippen LogP contribution in [0.4, 0.5) is 5.13 Å². The summed E-state index contributed by atoms with van der Waals surface area (Å²) in [5.41, 5.74) is 0. The third-order valence-electron chi connectivity index (χ3n) is 2.80. The van der Waals surface area contributed by atoms with E-state index in [0.717, 1.165) is 16.7 Å². The van der Waals surface area contributed by atoms with Crippen LogP contribution in [0, 0.1) is 6.92 Å². The summed E-state index contributed by atoms with van der Waals surface area (Å²) in [5.74, 6) is 0. The lowest BCUT2D eigenvalue weighted by atomic mass is 10.3. The fourth-order valence-corrected chi connectivity index (χ4v) is 2.57. The van der Waals surface area contributed by atoms with Crippen molar-refractivity contribution in [3.8, 4) is 0 Å². The molecule has 15 heavy (non-hydrogen) atoms. The molecule has 1 aliphatic rings. The molecule has 1 aliphatic heterocycles. The summed E-state index contributed by atoms with van der Waals surface area (Å²) in [6, 6.07) is 1.19. The minimum Gasteiger partial charge on any atom is -0.356 e. The van der Waals surface area contributed by atoms with Crippen molar-refractivity contribution in [2.45, 2.75) is 39.3 Å². The van der Waals surface area contributed by atoms with Gasteiger partial charge in [-0.3, -0.25) is 4.90 Å². The van der Waals surface area contributed by atoms with Gasteiger partial charge in [0.15, 0.2) is 0 Å². The number of nitrogens with one attached hydrogen (secondary N) is 1. The Morgan fingerprint density at radius 1 is 1.47 bits per heavy atom. The van der Waals surface area contributed by atoms with Crippen LogP contribution in [0.3, 0.4) is 0 Å². The zero-order valence-electron chi connectivity index (χ0n) is 9.53. The number of hydrogen-bond donors (Lipinski definition) is 1. The molecule has 1 fully saturated rings. The molecule has 84 valence electrons. The van der Waals surface area contributed by atoms with Crippen molar-refractivity contribution in [3.63, 3.8) is 0 Å². The predicted octanol–water partition coefficient (Wildman–Crippen LogP) is 1.74. The number of anilines is 1. The van der Waals surface area contributed by atoms with E-state index in [4.69, 9.17) is 0 Å². The first-order valence-electron chi connectivity index (χ1n) is 5.46. The molecule has 1 atom stereocenters. The number of hydrogen-bond acceptors (Lipinski definition) is 5. The monoisotopic (exact) mass is 226 g/mol. The van der Waals surface area contributed by atoms with Gasteiger partial charge in [-0.05, 0) is 27.2 Å². The maximum absolute atomic E-state index is 4.09. The van der Waals surface area contributed by atoms with Gasteiger partial charge >= 0.3 is 0 Å². The number of likely N-dealkylation sites (tertiary alicyclic amines) is 1. The molecule has 1 unspecified atom stereocenters. The second kappa shape index (κ2) is 4.45. The van der Waals surface area contributed by atoms with Gasteiger partial charge in [-0.1, -0.05) is 11.3 Å². The first-order chi connectivity index (χ1) is 7.15. The van der Waals surface area contributed by atoms with Crippen LogP contribution < -0.4 is 5.32 Å². The summed E-state index contributed by atoms with van der Waals surface area (Å²) < 4.78 is 0. The average Bonchev–Trinajstić information content (AvgIpc) is 2.76. The van der Waals surface area contributed by atoms with Crippen molar-refractivity contribution >= 4 is 16.5 Å². The largest absolute Gasteiger partial charge is 0.356 e. The Labute approximate surface area is 94.7 Å². The van der Waals surface area contributed by atoms with Gasteiger partial charge < -0.3 is 5.32 Å². The predicted molar refractivity (Wildman–Crippen MR) is 63.4 cm³/mol. The zero-order valence-corrected chi connectivity index (χ0v) is 10.3. The van der Waals surface area contributed by atoms with Gasteiger partial charge in [0, 0.05) is 25.2 Å². The first kappa shape index (κ1) is 10.8. The van der Waals surface area contributed by atoms with E-state index < -0.39 is 0 Å². The molecule has 1 N–H and O–H groups in total. The standard InChI is InChI=1S/C10H18N4S/c1-7(2)14-5-4-9(6-14)11-10-13-12-8(3)15-10/h7,9H,4-6H2,1-3H3,(H,11,13). The van der Waals surface area contributed by atoms with Gasteiger partial charge in [0.25, 0.3) is 0 Å². The third-order valence-corrected chi connectivity index (χ3v) is 3.57. The van der Waals surface area contributed by atoms with E-state index in [9.17, 15) is 0 Å². The second-order valence-electron chi connectivity index (χ2n) is 4.34. The van der Waals surface area contributed by atoms with Crippen molar-refractivity contribution in [1.29, 1.82) is 0 Å². The van der Waals surface area contributed by atoms with E-state index in [2.05, 4.69) is 34.3 Å². The van der Waals surface area contributed by atoms with E-state index >= 15 is 0 Å². The lowest BCUT2D eigenvalue weighted by molar-refractivity contribution is 0.274. The Hall–Kier alpha value is -0.680. The van der Waals surface area contributed by atoms with E-state index in [1.807, 2.05) is 6.92 Å². The van der Waals surface area contributed by atoms with E-state index in [-0.39, 0.29) is 0 Å². The summed E-state index contributed by atoms with van der Waals surface area (Å²) in [6.07, 6.45) is 1.21. The highest BCUT2D eigenvalue weighted by Crippen LogP contribution is 2.19. The Kier molecular flexibility index (Phi) is 3.21. The maximum Gasteiger partial charge on any atom is 0.205 e. The molecule has 2 heterocycles. The SMILES string of the molecule is Cc1nnc(NC2CCN(C(C)C)C2)s1. The molecule has 2 rings (SSSR count). The van der Waals surface area contributed by atoms with Gasteiger partial charge in [0.05, 0.1) is 0 Å². The highest BCUT2D eigenvalue weighted by atomic mass is 32.1. The van der Waals surface area contributed by atoms with Crippen LogP contribution in [0.5, 0.6) is 0 Å². The summed E-state index contributed by atoms with van der Waals surface area (Å²) >= 11 is 1.63. The van der Waals surface area contributed by atoms with Gasteiger partial charge in [-0.2, -0.15) is 0 Å². The highest BCUT2D eigenvalue weighted by Gasteiger charge is 2.24. The summed E-state index contributed by atoms with van der Waals surface area (Å²) in [6.45, 7) is 8.79. The topological polar surface area (TPSA) is 41.1 Å². The Balaban J connectivity index is 1.87. The molecule has 1 saturated heterocycles. The van der Waals surface area contributed by atoms with Crippen LogP contribution in [-0.2, 0) is 0 Å². The number of nitrogens with zero attached hydrogens (tertiary/aromatic N) is 3. The van der Waals surface area contributed by atoms with Gasteiger partial charge in [-0.15, -0.1) is 10.2 Å². The smallest absolute Gasteiger partial charge is 0.205 e. The van der Waals surface area contributed by atoms with Crippen molar-refractivity contribution < 1.29 is 0 Å². The lowest BCUT2D eigenvalue weighted by Gasteiger charge is -2.20. The highest BCUT2D eigenvalue weighted by molar-refractivity contribution is 7.15. The summed E-state index contributed by atoms with van der Waals surface area (Å²) in [5, 5.41) is 13.5. The summed E-state index contributed by atoms with van der Waals surface area (Å²) in [7, 11) is 0. The fraction of sp³-hybridized carbons (Fsp3) is 0.800. The molecule has 5 heteroatoms. The van der Waals surface area contributed by atoms with E-state index in [1.54, 1.807) is 11.3 Å². The van der Waals surface area contributed by atoms with E-state index in [1.165, 1.54) is 13.0 Å². The van der Waals surface area contributed by atoms with Crippen LogP contribution in [0.25, 0.3) is 0 Å². The van der Waals surface area contributed by atoms with Crippen molar-refractivity contribution in [1.82, 2.24) is 15.1 Å². The van der Waals surface area contributed by atoms with Crippen LogP contribution in [0.2, 0.25) is 0 Å². The zero-order chi connectivity index (χ0) is 10.8.